The lowest BCUT2D eigenvalue weighted by molar-refractivity contribution is 0.341. The Kier molecular flexibility index (Phi) is 6.15. The number of nitrogens with one attached hydrogen (secondary N) is 1. The molecule has 0 aliphatic rings. The van der Waals surface area contributed by atoms with Crippen LogP contribution in [0.15, 0.2) is 69.1 Å². The Labute approximate surface area is 181 Å². The molecule has 0 bridgehead atoms. The van der Waals surface area contributed by atoms with E-state index in [4.69, 9.17) is 20.9 Å². The first-order valence-corrected chi connectivity index (χ1v) is 10.5. The zero-order valence-electron chi connectivity index (χ0n) is 16.0. The summed E-state index contributed by atoms with van der Waals surface area (Å²) in [5.74, 6) is 1.91. The highest BCUT2D eigenvalue weighted by Gasteiger charge is 2.14. The van der Waals surface area contributed by atoms with Crippen molar-refractivity contribution in [1.82, 2.24) is 20.1 Å². The van der Waals surface area contributed by atoms with Crippen molar-refractivity contribution < 1.29 is 9.26 Å². The van der Waals surface area contributed by atoms with E-state index in [1.165, 1.54) is 17.8 Å². The molecule has 4 rings (SSSR count). The molecule has 0 saturated carbocycles. The highest BCUT2D eigenvalue weighted by Crippen LogP contribution is 2.29. The number of aromatic nitrogens is 4. The molecule has 2 aromatic heterocycles. The van der Waals surface area contributed by atoms with Crippen LogP contribution in [-0.4, -0.2) is 26.7 Å². The fourth-order valence-corrected chi connectivity index (χ4v) is 3.69. The second kappa shape index (κ2) is 9.15. The van der Waals surface area contributed by atoms with Gasteiger partial charge in [0.2, 0.25) is 11.7 Å². The second-order valence-electron chi connectivity index (χ2n) is 6.18. The maximum atomic E-state index is 12.1. The van der Waals surface area contributed by atoms with E-state index < -0.39 is 0 Å². The Morgan fingerprint density at radius 2 is 2.00 bits per heavy atom. The van der Waals surface area contributed by atoms with Gasteiger partial charge in [0, 0.05) is 16.7 Å². The molecular weight excluding hydrogens is 424 g/mol. The summed E-state index contributed by atoms with van der Waals surface area (Å²) in [5.41, 5.74) is 1.82. The number of hydrogen-bond acceptors (Lipinski definition) is 7. The summed E-state index contributed by atoms with van der Waals surface area (Å²) < 4.78 is 11.0. The van der Waals surface area contributed by atoms with E-state index in [1.807, 2.05) is 43.3 Å². The van der Waals surface area contributed by atoms with Gasteiger partial charge < -0.3 is 14.2 Å². The topological polar surface area (TPSA) is 93.9 Å². The van der Waals surface area contributed by atoms with Crippen LogP contribution in [0.3, 0.4) is 0 Å². The second-order valence-corrected chi connectivity index (χ2v) is 7.58. The van der Waals surface area contributed by atoms with Crippen molar-refractivity contribution in [2.45, 2.75) is 17.8 Å². The number of H-pyrrole nitrogens is 1. The molecule has 0 radical (unpaired) electrons. The largest absolute Gasteiger partial charge is 0.493 e. The minimum atomic E-state index is -0.251. The number of thioether (sulfide) groups is 1. The van der Waals surface area contributed by atoms with Gasteiger partial charge in [-0.1, -0.05) is 52.8 Å². The zero-order valence-corrected chi connectivity index (χ0v) is 17.5. The van der Waals surface area contributed by atoms with Crippen LogP contribution in [0.2, 0.25) is 5.02 Å². The molecule has 0 fully saturated rings. The van der Waals surface area contributed by atoms with Crippen LogP contribution in [0.1, 0.15) is 12.8 Å². The maximum absolute atomic E-state index is 12.1. The lowest BCUT2D eigenvalue weighted by Gasteiger charge is -2.06. The third kappa shape index (κ3) is 4.72. The first kappa shape index (κ1) is 20.2. The predicted molar refractivity (Wildman–Crippen MR) is 116 cm³/mol. The van der Waals surface area contributed by atoms with Gasteiger partial charge >= 0.3 is 0 Å². The number of nitrogens with zero attached hydrogens (tertiary/aromatic N) is 3. The van der Waals surface area contributed by atoms with E-state index >= 15 is 0 Å². The Morgan fingerprint density at radius 3 is 2.83 bits per heavy atom. The monoisotopic (exact) mass is 440 g/mol. The first-order chi connectivity index (χ1) is 14.6. The Hall–Kier alpha value is -3.10. The van der Waals surface area contributed by atoms with E-state index in [9.17, 15) is 4.79 Å². The molecule has 0 aliphatic heterocycles. The molecule has 0 amide bonds. The molecule has 0 atom stereocenters. The van der Waals surface area contributed by atoms with Crippen LogP contribution in [0.4, 0.5) is 0 Å². The number of halogens is 1. The van der Waals surface area contributed by atoms with Crippen LogP contribution in [-0.2, 0) is 5.75 Å². The Morgan fingerprint density at radius 1 is 1.13 bits per heavy atom. The van der Waals surface area contributed by atoms with Gasteiger partial charge in [-0.15, -0.1) is 0 Å². The molecule has 1 N–H and O–H groups in total. The van der Waals surface area contributed by atoms with Gasteiger partial charge in [-0.25, -0.2) is 4.98 Å². The molecule has 0 spiro atoms. The van der Waals surface area contributed by atoms with Gasteiger partial charge in [0.05, 0.1) is 23.6 Å². The van der Waals surface area contributed by atoms with Crippen LogP contribution >= 0.6 is 23.4 Å². The van der Waals surface area contributed by atoms with Crippen LogP contribution in [0.5, 0.6) is 5.75 Å². The molecule has 0 saturated heterocycles. The molecule has 30 heavy (non-hydrogen) atoms. The van der Waals surface area contributed by atoms with E-state index in [2.05, 4.69) is 20.1 Å². The fraction of sp³-hybridized carbons (Fsp3) is 0.143. The summed E-state index contributed by atoms with van der Waals surface area (Å²) in [5, 5.41) is 5.08. The smallest absolute Gasteiger partial charge is 0.252 e. The first-order valence-electron chi connectivity index (χ1n) is 9.17. The van der Waals surface area contributed by atoms with Crippen LogP contribution in [0, 0.1) is 0 Å². The molecule has 152 valence electrons. The summed E-state index contributed by atoms with van der Waals surface area (Å²) >= 11 is 7.34. The third-order valence-corrected chi connectivity index (χ3v) is 5.16. The summed E-state index contributed by atoms with van der Waals surface area (Å²) in [7, 11) is 0. The number of aromatic amines is 1. The highest BCUT2D eigenvalue weighted by molar-refractivity contribution is 7.98. The lowest BCUT2D eigenvalue weighted by Crippen LogP contribution is -2.08. The molecule has 0 aliphatic carbocycles. The minimum Gasteiger partial charge on any atom is -0.493 e. The Balaban J connectivity index is 1.52. The van der Waals surface area contributed by atoms with Crippen molar-refractivity contribution in [1.29, 1.82) is 0 Å². The van der Waals surface area contributed by atoms with Crippen molar-refractivity contribution in [3.05, 3.63) is 75.9 Å². The number of rotatable bonds is 7. The van der Waals surface area contributed by atoms with Crippen molar-refractivity contribution in [3.63, 3.8) is 0 Å². The fourth-order valence-electron chi connectivity index (χ4n) is 2.79. The van der Waals surface area contributed by atoms with Gasteiger partial charge in [-0.05, 0) is 31.2 Å². The SMILES string of the molecule is CCOc1ccccc1-c1noc(CSc2nc(-c3cccc(Cl)c3)cc(=O)[nH]2)n1. The molecular formula is C21H17ClN4O3S. The number of benzene rings is 2. The standard InChI is InChI=1S/C21H17ClN4O3S/c1-2-28-17-9-4-3-8-15(17)20-25-19(29-26-20)12-30-21-23-16(11-18(27)24-21)13-6-5-7-14(22)10-13/h3-11H,2,12H2,1H3,(H,23,24,27). The van der Waals surface area contributed by atoms with E-state index in [-0.39, 0.29) is 5.56 Å². The van der Waals surface area contributed by atoms with Gasteiger partial charge in [0.25, 0.3) is 5.56 Å². The van der Waals surface area contributed by atoms with E-state index in [0.29, 0.717) is 45.7 Å². The quantitative estimate of drug-likeness (QED) is 0.325. The minimum absolute atomic E-state index is 0.251. The maximum Gasteiger partial charge on any atom is 0.252 e. The normalized spacial score (nSPS) is 10.9. The van der Waals surface area contributed by atoms with Crippen molar-refractivity contribution in [2.24, 2.45) is 0 Å². The number of para-hydroxylation sites is 1. The van der Waals surface area contributed by atoms with Gasteiger partial charge in [0.15, 0.2) is 5.16 Å². The molecule has 9 heteroatoms. The van der Waals surface area contributed by atoms with Crippen molar-refractivity contribution in [3.8, 4) is 28.4 Å². The van der Waals surface area contributed by atoms with Crippen molar-refractivity contribution >= 4 is 23.4 Å². The average molecular weight is 441 g/mol. The van der Waals surface area contributed by atoms with Crippen molar-refractivity contribution in [2.75, 3.05) is 6.61 Å². The van der Waals surface area contributed by atoms with E-state index in [0.717, 1.165) is 11.1 Å². The Bertz CT molecular complexity index is 1220. The molecule has 4 aromatic rings. The summed E-state index contributed by atoms with van der Waals surface area (Å²) in [6, 6.07) is 16.1. The van der Waals surface area contributed by atoms with Gasteiger partial charge in [-0.2, -0.15) is 4.98 Å². The summed E-state index contributed by atoms with van der Waals surface area (Å²) in [6.45, 7) is 2.46. The summed E-state index contributed by atoms with van der Waals surface area (Å²) in [6.07, 6.45) is 0. The predicted octanol–water partition coefficient (Wildman–Crippen LogP) is 4.83. The molecule has 7 nitrogen and oxygen atoms in total. The van der Waals surface area contributed by atoms with Crippen LogP contribution < -0.4 is 10.3 Å². The molecule has 2 aromatic carbocycles. The zero-order chi connectivity index (χ0) is 20.9. The number of ether oxygens (including phenoxy) is 1. The molecule has 2 heterocycles. The highest BCUT2D eigenvalue weighted by atomic mass is 35.5. The number of hydrogen-bond donors (Lipinski definition) is 1. The average Bonchev–Trinajstić information content (AvgIpc) is 3.21. The van der Waals surface area contributed by atoms with Gasteiger partial charge in [-0.3, -0.25) is 4.79 Å². The van der Waals surface area contributed by atoms with Gasteiger partial charge in [0.1, 0.15) is 5.75 Å². The third-order valence-electron chi connectivity index (χ3n) is 4.07. The molecule has 0 unspecified atom stereocenters. The lowest BCUT2D eigenvalue weighted by atomic mass is 10.1. The summed E-state index contributed by atoms with van der Waals surface area (Å²) in [4.78, 5) is 23.7. The van der Waals surface area contributed by atoms with Crippen LogP contribution in [0.25, 0.3) is 22.6 Å². The van der Waals surface area contributed by atoms with E-state index in [1.54, 1.807) is 12.1 Å².